The standard InChI is InChI=1S/C5H9NO3.ClH/c6-3-1-4(5(7)8)9-2-3;/h3-4H,1-2,6H2,(H,7,8);1H. The molecule has 0 radical (unpaired) electrons. The lowest BCUT2D eigenvalue weighted by molar-refractivity contribution is -0.147. The summed E-state index contributed by atoms with van der Waals surface area (Å²) in [6, 6.07) is -0.0916. The second kappa shape index (κ2) is 3.75. The molecule has 0 bridgehead atoms. The predicted octanol–water partition coefficient (Wildman–Crippen LogP) is -0.391. The molecular formula is C5H10ClNO3. The van der Waals surface area contributed by atoms with E-state index >= 15 is 0 Å². The summed E-state index contributed by atoms with van der Waals surface area (Å²) in [6.07, 6.45) is -0.227. The van der Waals surface area contributed by atoms with Gasteiger partial charge in [-0.2, -0.15) is 0 Å². The van der Waals surface area contributed by atoms with Gasteiger partial charge in [0.25, 0.3) is 0 Å². The van der Waals surface area contributed by atoms with Crippen LogP contribution < -0.4 is 5.73 Å². The highest BCUT2D eigenvalue weighted by molar-refractivity contribution is 5.85. The van der Waals surface area contributed by atoms with Gasteiger partial charge in [-0.3, -0.25) is 0 Å². The first-order valence-electron chi connectivity index (χ1n) is 2.80. The van der Waals surface area contributed by atoms with Gasteiger partial charge in [-0.1, -0.05) is 0 Å². The number of hydrogen-bond donors (Lipinski definition) is 2. The van der Waals surface area contributed by atoms with E-state index in [1.807, 2.05) is 0 Å². The predicted molar refractivity (Wildman–Crippen MR) is 37.2 cm³/mol. The monoisotopic (exact) mass is 167 g/mol. The number of hydrogen-bond acceptors (Lipinski definition) is 3. The molecule has 0 aromatic rings. The highest BCUT2D eigenvalue weighted by atomic mass is 35.5. The Morgan fingerprint density at radius 2 is 2.30 bits per heavy atom. The molecule has 10 heavy (non-hydrogen) atoms. The Kier molecular flexibility index (Phi) is 3.63. The lowest BCUT2D eigenvalue weighted by Crippen LogP contribution is -2.22. The van der Waals surface area contributed by atoms with Gasteiger partial charge < -0.3 is 15.6 Å². The van der Waals surface area contributed by atoms with Crippen molar-refractivity contribution in [3.05, 3.63) is 0 Å². The SMILES string of the molecule is Cl.NC1COC(C(=O)O)C1. The topological polar surface area (TPSA) is 72.5 Å². The molecule has 1 aliphatic heterocycles. The summed E-state index contributed by atoms with van der Waals surface area (Å²) in [7, 11) is 0. The van der Waals surface area contributed by atoms with Crippen LogP contribution in [0.3, 0.4) is 0 Å². The molecule has 1 rings (SSSR count). The van der Waals surface area contributed by atoms with E-state index in [1.165, 1.54) is 0 Å². The molecule has 0 aromatic heterocycles. The Hall–Kier alpha value is -0.320. The van der Waals surface area contributed by atoms with E-state index < -0.39 is 12.1 Å². The van der Waals surface area contributed by atoms with E-state index in [0.717, 1.165) is 0 Å². The summed E-state index contributed by atoms with van der Waals surface area (Å²) in [5.74, 6) is -0.914. The van der Waals surface area contributed by atoms with Gasteiger partial charge in [0.2, 0.25) is 0 Å². The van der Waals surface area contributed by atoms with Crippen molar-refractivity contribution in [1.82, 2.24) is 0 Å². The highest BCUT2D eigenvalue weighted by Crippen LogP contribution is 2.10. The van der Waals surface area contributed by atoms with Crippen LogP contribution in [0.2, 0.25) is 0 Å². The summed E-state index contributed by atoms with van der Waals surface area (Å²) in [6.45, 7) is 0.372. The van der Waals surface area contributed by atoms with Crippen LogP contribution in [0, 0.1) is 0 Å². The van der Waals surface area contributed by atoms with Crippen LogP contribution in [0.15, 0.2) is 0 Å². The molecule has 1 aliphatic rings. The molecule has 1 saturated heterocycles. The number of nitrogens with two attached hydrogens (primary N) is 1. The fraction of sp³-hybridized carbons (Fsp3) is 0.800. The third-order valence-corrected chi connectivity index (χ3v) is 1.30. The third kappa shape index (κ3) is 2.13. The van der Waals surface area contributed by atoms with Gasteiger partial charge in [0.05, 0.1) is 6.61 Å². The first-order valence-corrected chi connectivity index (χ1v) is 2.80. The summed E-state index contributed by atoms with van der Waals surface area (Å²) in [4.78, 5) is 10.2. The Morgan fingerprint density at radius 3 is 2.50 bits per heavy atom. The van der Waals surface area contributed by atoms with Crippen molar-refractivity contribution in [1.29, 1.82) is 0 Å². The average Bonchev–Trinajstić information content (AvgIpc) is 2.14. The van der Waals surface area contributed by atoms with Crippen molar-refractivity contribution in [3.8, 4) is 0 Å². The van der Waals surface area contributed by atoms with E-state index in [2.05, 4.69) is 0 Å². The van der Waals surface area contributed by atoms with Gasteiger partial charge in [-0.25, -0.2) is 4.79 Å². The summed E-state index contributed by atoms with van der Waals surface area (Å²) in [5, 5.41) is 8.35. The van der Waals surface area contributed by atoms with Gasteiger partial charge in [0.15, 0.2) is 6.10 Å². The van der Waals surface area contributed by atoms with Gasteiger partial charge in [-0.15, -0.1) is 12.4 Å². The van der Waals surface area contributed by atoms with Crippen LogP contribution >= 0.6 is 12.4 Å². The van der Waals surface area contributed by atoms with Crippen LogP contribution in [-0.2, 0) is 9.53 Å². The number of carboxylic acid groups (broad SMARTS) is 1. The maximum Gasteiger partial charge on any atom is 0.332 e. The summed E-state index contributed by atoms with van der Waals surface area (Å²) in [5.41, 5.74) is 5.37. The molecule has 1 fully saturated rings. The van der Waals surface area contributed by atoms with Crippen LogP contribution in [0.1, 0.15) is 6.42 Å². The lowest BCUT2D eigenvalue weighted by Gasteiger charge is -1.98. The second-order valence-corrected chi connectivity index (χ2v) is 2.16. The quantitative estimate of drug-likeness (QED) is 0.558. The molecule has 0 saturated carbocycles. The number of halogens is 1. The second-order valence-electron chi connectivity index (χ2n) is 2.16. The zero-order valence-corrected chi connectivity index (χ0v) is 6.13. The number of carbonyl (C=O) groups is 1. The minimum Gasteiger partial charge on any atom is -0.479 e. The number of aliphatic carboxylic acids is 1. The average molecular weight is 168 g/mol. The molecule has 4 nitrogen and oxygen atoms in total. The van der Waals surface area contributed by atoms with Gasteiger partial charge in [-0.05, 0) is 0 Å². The number of carboxylic acids is 1. The van der Waals surface area contributed by atoms with E-state index in [0.29, 0.717) is 13.0 Å². The van der Waals surface area contributed by atoms with Crippen LogP contribution in [-0.4, -0.2) is 29.8 Å². The van der Waals surface area contributed by atoms with E-state index in [1.54, 1.807) is 0 Å². The lowest BCUT2D eigenvalue weighted by atomic mass is 10.2. The maximum atomic E-state index is 10.2. The van der Waals surface area contributed by atoms with Crippen LogP contribution in [0.25, 0.3) is 0 Å². The fourth-order valence-corrected chi connectivity index (χ4v) is 0.823. The maximum absolute atomic E-state index is 10.2. The summed E-state index contributed by atoms with van der Waals surface area (Å²) < 4.78 is 4.80. The molecular weight excluding hydrogens is 158 g/mol. The molecule has 2 atom stereocenters. The zero-order chi connectivity index (χ0) is 6.85. The van der Waals surface area contributed by atoms with Crippen LogP contribution in [0.5, 0.6) is 0 Å². The van der Waals surface area contributed by atoms with E-state index in [-0.39, 0.29) is 18.4 Å². The minimum absolute atomic E-state index is 0. The van der Waals surface area contributed by atoms with Gasteiger partial charge in [0, 0.05) is 12.5 Å². The van der Waals surface area contributed by atoms with Gasteiger partial charge >= 0.3 is 5.97 Å². The van der Waals surface area contributed by atoms with E-state index in [9.17, 15) is 4.79 Å². The molecule has 60 valence electrons. The molecule has 0 aliphatic carbocycles. The van der Waals surface area contributed by atoms with Crippen LogP contribution in [0.4, 0.5) is 0 Å². The van der Waals surface area contributed by atoms with Crippen molar-refractivity contribution in [2.75, 3.05) is 6.61 Å². The third-order valence-electron chi connectivity index (χ3n) is 1.30. The Bertz CT molecular complexity index is 130. The molecule has 5 heteroatoms. The molecule has 0 amide bonds. The van der Waals surface area contributed by atoms with Crippen molar-refractivity contribution < 1.29 is 14.6 Å². The van der Waals surface area contributed by atoms with Crippen molar-refractivity contribution >= 4 is 18.4 Å². The Balaban J connectivity index is 0.000000810. The zero-order valence-electron chi connectivity index (χ0n) is 5.32. The molecule has 2 unspecified atom stereocenters. The minimum atomic E-state index is -0.914. The first-order chi connectivity index (χ1) is 4.20. The van der Waals surface area contributed by atoms with E-state index in [4.69, 9.17) is 15.6 Å². The highest BCUT2D eigenvalue weighted by Gasteiger charge is 2.27. The normalized spacial score (nSPS) is 31.3. The Labute approximate surface area is 64.8 Å². The largest absolute Gasteiger partial charge is 0.479 e. The Morgan fingerprint density at radius 1 is 1.70 bits per heavy atom. The number of rotatable bonds is 1. The van der Waals surface area contributed by atoms with Crippen molar-refractivity contribution in [2.24, 2.45) is 5.73 Å². The van der Waals surface area contributed by atoms with Crippen molar-refractivity contribution in [2.45, 2.75) is 18.6 Å². The first kappa shape index (κ1) is 9.68. The summed E-state index contributed by atoms with van der Waals surface area (Å²) >= 11 is 0. The van der Waals surface area contributed by atoms with Gasteiger partial charge in [0.1, 0.15) is 0 Å². The molecule has 0 aromatic carbocycles. The van der Waals surface area contributed by atoms with Crippen molar-refractivity contribution in [3.63, 3.8) is 0 Å². The fourth-order valence-electron chi connectivity index (χ4n) is 0.823. The molecule has 3 N–H and O–H groups in total. The molecule has 1 heterocycles. The smallest absolute Gasteiger partial charge is 0.332 e. The molecule has 0 spiro atoms. The number of ether oxygens (including phenoxy) is 1.